The van der Waals surface area contributed by atoms with E-state index in [-0.39, 0.29) is 11.6 Å². The zero-order valence-electron chi connectivity index (χ0n) is 12.2. The van der Waals surface area contributed by atoms with Crippen molar-refractivity contribution in [2.24, 2.45) is 10.2 Å². The number of anilines is 1. The number of fused-ring (bicyclic) bond motifs is 1. The fourth-order valence-electron chi connectivity index (χ4n) is 2.07. The van der Waals surface area contributed by atoms with E-state index in [0.717, 1.165) is 4.47 Å². The molecule has 3 N–H and O–H groups in total. The van der Waals surface area contributed by atoms with E-state index in [9.17, 15) is 14.7 Å². The summed E-state index contributed by atoms with van der Waals surface area (Å²) in [4.78, 5) is 26.3. The SMILES string of the molecule is O=C(N=Nc1c(O)[nH]c2ccccc12)C(=O)Nc1ccc(Br)cc1. The van der Waals surface area contributed by atoms with Gasteiger partial charge in [-0.25, -0.2) is 0 Å². The molecular formula is C16H11BrN4O3. The van der Waals surface area contributed by atoms with Gasteiger partial charge in [0.25, 0.3) is 0 Å². The summed E-state index contributed by atoms with van der Waals surface area (Å²) in [6, 6.07) is 13.7. The Balaban J connectivity index is 1.75. The van der Waals surface area contributed by atoms with Crippen molar-refractivity contribution in [3.63, 3.8) is 0 Å². The molecule has 0 fully saturated rings. The number of para-hydroxylation sites is 1. The fourth-order valence-corrected chi connectivity index (χ4v) is 2.34. The predicted molar refractivity (Wildman–Crippen MR) is 92.3 cm³/mol. The van der Waals surface area contributed by atoms with E-state index < -0.39 is 11.8 Å². The van der Waals surface area contributed by atoms with Crippen molar-refractivity contribution < 1.29 is 14.7 Å². The second-order valence-electron chi connectivity index (χ2n) is 4.83. The Bertz CT molecular complexity index is 948. The van der Waals surface area contributed by atoms with E-state index in [0.29, 0.717) is 16.6 Å². The van der Waals surface area contributed by atoms with Gasteiger partial charge in [-0.1, -0.05) is 34.1 Å². The molecule has 0 bridgehead atoms. The molecular weight excluding hydrogens is 376 g/mol. The minimum atomic E-state index is -1.07. The standard InChI is InChI=1S/C16H11BrN4O3/c17-9-5-7-10(8-6-9)18-15(23)16(24)21-20-13-11-3-1-2-4-12(11)19-14(13)22/h1-8,19,22H,(H,18,23). The van der Waals surface area contributed by atoms with Gasteiger partial charge in [-0.3, -0.25) is 9.59 Å². The van der Waals surface area contributed by atoms with Gasteiger partial charge >= 0.3 is 11.8 Å². The van der Waals surface area contributed by atoms with Crippen LogP contribution in [0.4, 0.5) is 11.4 Å². The number of halogens is 1. The van der Waals surface area contributed by atoms with Gasteiger partial charge in [0.05, 0.1) is 5.52 Å². The number of aromatic nitrogens is 1. The summed E-state index contributed by atoms with van der Waals surface area (Å²) < 4.78 is 0.848. The van der Waals surface area contributed by atoms with Gasteiger partial charge in [-0.2, -0.15) is 0 Å². The summed E-state index contributed by atoms with van der Waals surface area (Å²) >= 11 is 3.27. The van der Waals surface area contributed by atoms with E-state index in [1.807, 2.05) is 0 Å². The lowest BCUT2D eigenvalue weighted by molar-refractivity contribution is -0.134. The highest BCUT2D eigenvalue weighted by atomic mass is 79.9. The first kappa shape index (κ1) is 15.9. The average molecular weight is 387 g/mol. The molecule has 0 spiro atoms. The number of hydrogen-bond donors (Lipinski definition) is 3. The molecule has 2 aromatic carbocycles. The van der Waals surface area contributed by atoms with E-state index in [1.165, 1.54) is 0 Å². The highest BCUT2D eigenvalue weighted by molar-refractivity contribution is 9.10. The van der Waals surface area contributed by atoms with Crippen molar-refractivity contribution >= 4 is 50.0 Å². The van der Waals surface area contributed by atoms with E-state index in [2.05, 4.69) is 36.5 Å². The smallest absolute Gasteiger partial charge is 0.353 e. The Morgan fingerprint density at radius 2 is 1.79 bits per heavy atom. The summed E-state index contributed by atoms with van der Waals surface area (Å²) in [5.74, 6) is -2.20. The summed E-state index contributed by atoms with van der Waals surface area (Å²) in [7, 11) is 0. The zero-order chi connectivity index (χ0) is 17.1. The predicted octanol–water partition coefficient (Wildman–Crippen LogP) is 3.89. The third-order valence-corrected chi connectivity index (χ3v) is 3.73. The number of nitrogens with one attached hydrogen (secondary N) is 2. The van der Waals surface area contributed by atoms with Crippen LogP contribution in [0.25, 0.3) is 10.9 Å². The van der Waals surface area contributed by atoms with E-state index in [1.54, 1.807) is 48.5 Å². The van der Waals surface area contributed by atoms with Crippen molar-refractivity contribution in [2.75, 3.05) is 5.32 Å². The Kier molecular flexibility index (Phi) is 4.39. The summed E-state index contributed by atoms with van der Waals surface area (Å²) in [5.41, 5.74) is 1.22. The quantitative estimate of drug-likeness (QED) is 0.459. The van der Waals surface area contributed by atoms with Crippen molar-refractivity contribution in [3.05, 3.63) is 53.0 Å². The molecule has 3 aromatic rings. The zero-order valence-corrected chi connectivity index (χ0v) is 13.7. The molecule has 0 saturated carbocycles. The van der Waals surface area contributed by atoms with Gasteiger partial charge in [0.15, 0.2) is 5.69 Å². The molecule has 0 unspecified atom stereocenters. The number of aromatic hydroxyl groups is 1. The third kappa shape index (κ3) is 3.33. The van der Waals surface area contributed by atoms with E-state index >= 15 is 0 Å². The number of carbonyl (C=O) groups excluding carboxylic acids is 2. The number of nitrogens with zero attached hydrogens (tertiary/aromatic N) is 2. The maximum Gasteiger partial charge on any atom is 0.353 e. The molecule has 0 aliphatic carbocycles. The third-order valence-electron chi connectivity index (χ3n) is 3.20. The number of carbonyl (C=O) groups is 2. The van der Waals surface area contributed by atoms with Crippen LogP contribution < -0.4 is 5.32 Å². The van der Waals surface area contributed by atoms with Crippen LogP contribution in [0.3, 0.4) is 0 Å². The van der Waals surface area contributed by atoms with Crippen LogP contribution in [0.2, 0.25) is 0 Å². The number of rotatable bonds is 2. The molecule has 0 aliphatic rings. The molecule has 2 amide bonds. The molecule has 24 heavy (non-hydrogen) atoms. The van der Waals surface area contributed by atoms with Crippen molar-refractivity contribution in [2.45, 2.75) is 0 Å². The lowest BCUT2D eigenvalue weighted by atomic mass is 10.2. The topological polar surface area (TPSA) is 107 Å². The first-order valence-electron chi connectivity index (χ1n) is 6.87. The molecule has 1 aromatic heterocycles. The molecule has 0 radical (unpaired) electrons. The van der Waals surface area contributed by atoms with Crippen LogP contribution in [-0.4, -0.2) is 21.9 Å². The van der Waals surface area contributed by atoms with Crippen molar-refractivity contribution in [1.29, 1.82) is 0 Å². The molecule has 7 nitrogen and oxygen atoms in total. The average Bonchev–Trinajstić information content (AvgIpc) is 2.90. The van der Waals surface area contributed by atoms with Crippen molar-refractivity contribution in [1.82, 2.24) is 4.98 Å². The first-order valence-corrected chi connectivity index (χ1v) is 7.66. The molecule has 0 aliphatic heterocycles. The van der Waals surface area contributed by atoms with Crippen LogP contribution in [0.15, 0.2) is 63.2 Å². The number of aromatic amines is 1. The number of amides is 2. The summed E-state index contributed by atoms with van der Waals surface area (Å²) in [6.45, 7) is 0. The van der Waals surface area contributed by atoms with Gasteiger partial charge in [0.2, 0.25) is 5.88 Å². The van der Waals surface area contributed by atoms with Gasteiger partial charge in [-0.05, 0) is 30.3 Å². The highest BCUT2D eigenvalue weighted by Gasteiger charge is 2.15. The number of hydrogen-bond acceptors (Lipinski definition) is 4. The minimum Gasteiger partial charge on any atom is -0.493 e. The van der Waals surface area contributed by atoms with Crippen LogP contribution in [0.1, 0.15) is 0 Å². The lowest BCUT2D eigenvalue weighted by Gasteiger charge is -2.01. The van der Waals surface area contributed by atoms with Gasteiger partial charge in [0.1, 0.15) is 0 Å². The maximum absolute atomic E-state index is 11.8. The van der Waals surface area contributed by atoms with Gasteiger partial charge < -0.3 is 15.4 Å². The molecule has 3 rings (SSSR count). The summed E-state index contributed by atoms with van der Waals surface area (Å²) in [6.07, 6.45) is 0. The summed E-state index contributed by atoms with van der Waals surface area (Å²) in [5, 5.41) is 19.9. The van der Waals surface area contributed by atoms with Crippen LogP contribution in [0, 0.1) is 0 Å². The first-order chi connectivity index (χ1) is 11.5. The number of H-pyrrole nitrogens is 1. The van der Waals surface area contributed by atoms with Gasteiger partial charge in [-0.15, -0.1) is 10.2 Å². The minimum absolute atomic E-state index is 0.107. The van der Waals surface area contributed by atoms with Gasteiger partial charge in [0, 0.05) is 15.5 Å². The highest BCUT2D eigenvalue weighted by Crippen LogP contribution is 2.35. The van der Waals surface area contributed by atoms with Crippen LogP contribution >= 0.6 is 15.9 Å². The van der Waals surface area contributed by atoms with Crippen molar-refractivity contribution in [3.8, 4) is 5.88 Å². The Morgan fingerprint density at radius 3 is 2.54 bits per heavy atom. The maximum atomic E-state index is 11.8. The second-order valence-corrected chi connectivity index (χ2v) is 5.75. The Morgan fingerprint density at radius 1 is 1.08 bits per heavy atom. The number of benzene rings is 2. The lowest BCUT2D eigenvalue weighted by Crippen LogP contribution is -2.20. The fraction of sp³-hybridized carbons (Fsp3) is 0. The number of azo groups is 1. The Hall–Kier alpha value is -3.00. The molecule has 1 heterocycles. The molecule has 8 heteroatoms. The van der Waals surface area contributed by atoms with Crippen LogP contribution in [0.5, 0.6) is 5.88 Å². The normalized spacial score (nSPS) is 11.0. The van der Waals surface area contributed by atoms with E-state index in [4.69, 9.17) is 0 Å². The second kappa shape index (κ2) is 6.63. The monoisotopic (exact) mass is 386 g/mol. The molecule has 0 atom stereocenters. The van der Waals surface area contributed by atoms with Crippen LogP contribution in [-0.2, 0) is 9.59 Å². The largest absolute Gasteiger partial charge is 0.493 e. The molecule has 0 saturated heterocycles. The Labute approximate surface area is 144 Å². The molecule has 120 valence electrons.